The molecule has 1 saturated heterocycles. The summed E-state index contributed by atoms with van der Waals surface area (Å²) in [5.74, 6) is 1.66. The quantitative estimate of drug-likeness (QED) is 0.774. The Morgan fingerprint density at radius 2 is 1.90 bits per heavy atom. The van der Waals surface area contributed by atoms with Gasteiger partial charge in [0.15, 0.2) is 11.5 Å². The number of amides is 1. The molecule has 0 saturated carbocycles. The molecule has 2 heterocycles. The van der Waals surface area contributed by atoms with Gasteiger partial charge in [-0.3, -0.25) is 4.79 Å². The van der Waals surface area contributed by atoms with Crippen molar-refractivity contribution in [2.24, 2.45) is 0 Å². The number of piperidine rings is 1. The minimum Gasteiger partial charge on any atom is -0.493 e. The third-order valence-corrected chi connectivity index (χ3v) is 5.14. The summed E-state index contributed by atoms with van der Waals surface area (Å²) in [5.41, 5.74) is 2.73. The molecule has 29 heavy (non-hydrogen) atoms. The summed E-state index contributed by atoms with van der Waals surface area (Å²) in [4.78, 5) is 14.9. The number of fused-ring (bicyclic) bond motifs is 1. The van der Waals surface area contributed by atoms with Gasteiger partial charge in [-0.1, -0.05) is 12.1 Å². The Kier molecular flexibility index (Phi) is 5.89. The molecule has 0 spiro atoms. The molecule has 4 rings (SSSR count). The number of hydrogen-bond donors (Lipinski definition) is 1. The lowest BCUT2D eigenvalue weighted by Gasteiger charge is -2.30. The fraction of sp³-hybridized carbons (Fsp3) is 0.348. The number of ether oxygens (including phenoxy) is 3. The molecule has 2 aliphatic rings. The average Bonchev–Trinajstić information content (AvgIpc) is 2.78. The van der Waals surface area contributed by atoms with Gasteiger partial charge in [0.2, 0.25) is 11.7 Å². The number of carbonyl (C=O) groups is 1. The molecule has 0 atom stereocenters. The fourth-order valence-corrected chi connectivity index (χ4v) is 3.73. The largest absolute Gasteiger partial charge is 0.493 e. The first kappa shape index (κ1) is 19.2. The SMILES string of the molecule is COc1cc(/C=C/C(=O)Nc2ccccc2N2CCCCC2)cc2c1OCCO2. The maximum atomic E-state index is 12.6. The zero-order valence-electron chi connectivity index (χ0n) is 16.6. The van der Waals surface area contributed by atoms with Crippen LogP contribution in [0.4, 0.5) is 11.4 Å². The van der Waals surface area contributed by atoms with Gasteiger partial charge in [-0.2, -0.15) is 0 Å². The normalized spacial score (nSPS) is 16.0. The van der Waals surface area contributed by atoms with E-state index in [0.29, 0.717) is 30.5 Å². The molecule has 2 aromatic rings. The number of carbonyl (C=O) groups excluding carboxylic acids is 1. The lowest BCUT2D eigenvalue weighted by molar-refractivity contribution is -0.111. The highest BCUT2D eigenvalue weighted by Gasteiger charge is 2.18. The third-order valence-electron chi connectivity index (χ3n) is 5.14. The van der Waals surface area contributed by atoms with Crippen molar-refractivity contribution in [2.75, 3.05) is 43.6 Å². The molecule has 2 aliphatic heterocycles. The molecule has 0 bridgehead atoms. The van der Waals surface area contributed by atoms with E-state index in [2.05, 4.69) is 16.3 Å². The summed E-state index contributed by atoms with van der Waals surface area (Å²) < 4.78 is 16.7. The van der Waals surface area contributed by atoms with Crippen LogP contribution in [0.3, 0.4) is 0 Å². The number of anilines is 2. The first-order valence-corrected chi connectivity index (χ1v) is 10.1. The highest BCUT2D eigenvalue weighted by Crippen LogP contribution is 2.40. The van der Waals surface area contributed by atoms with Crippen LogP contribution in [0.1, 0.15) is 24.8 Å². The van der Waals surface area contributed by atoms with E-state index in [1.54, 1.807) is 13.2 Å². The predicted molar refractivity (Wildman–Crippen MR) is 114 cm³/mol. The molecule has 1 fully saturated rings. The van der Waals surface area contributed by atoms with Gasteiger partial charge in [-0.05, 0) is 55.2 Å². The van der Waals surface area contributed by atoms with Crippen LogP contribution in [0.2, 0.25) is 0 Å². The van der Waals surface area contributed by atoms with Crippen LogP contribution in [-0.4, -0.2) is 39.3 Å². The average molecular weight is 394 g/mol. The number of hydrogen-bond acceptors (Lipinski definition) is 5. The van der Waals surface area contributed by atoms with Gasteiger partial charge in [0, 0.05) is 19.2 Å². The van der Waals surface area contributed by atoms with E-state index in [1.807, 2.05) is 30.3 Å². The van der Waals surface area contributed by atoms with Gasteiger partial charge in [0.25, 0.3) is 0 Å². The van der Waals surface area contributed by atoms with Gasteiger partial charge in [-0.15, -0.1) is 0 Å². The van der Waals surface area contributed by atoms with Gasteiger partial charge in [0.05, 0.1) is 18.5 Å². The summed E-state index contributed by atoms with van der Waals surface area (Å²) in [6.45, 7) is 3.05. The van der Waals surface area contributed by atoms with Crippen LogP contribution in [0.25, 0.3) is 6.08 Å². The molecule has 1 amide bonds. The van der Waals surface area contributed by atoms with Crippen molar-refractivity contribution in [2.45, 2.75) is 19.3 Å². The summed E-state index contributed by atoms with van der Waals surface area (Å²) in [5, 5.41) is 3.01. The number of para-hydroxylation sites is 2. The predicted octanol–water partition coefficient (Wildman–Crippen LogP) is 4.11. The Bertz CT molecular complexity index is 886. The molecule has 0 unspecified atom stereocenters. The minimum absolute atomic E-state index is 0.177. The molecule has 6 heteroatoms. The van der Waals surface area contributed by atoms with E-state index in [1.165, 1.54) is 25.3 Å². The summed E-state index contributed by atoms with van der Waals surface area (Å²) in [7, 11) is 1.59. The van der Waals surface area contributed by atoms with Gasteiger partial charge < -0.3 is 24.4 Å². The smallest absolute Gasteiger partial charge is 0.248 e. The van der Waals surface area contributed by atoms with Crippen molar-refractivity contribution < 1.29 is 19.0 Å². The van der Waals surface area contributed by atoms with Crippen molar-refractivity contribution >= 4 is 23.4 Å². The number of methoxy groups -OCH3 is 1. The topological polar surface area (TPSA) is 60.0 Å². The summed E-state index contributed by atoms with van der Waals surface area (Å²) in [6.07, 6.45) is 6.92. The molecule has 0 aliphatic carbocycles. The Labute approximate surface area is 171 Å². The minimum atomic E-state index is -0.177. The van der Waals surface area contributed by atoms with Crippen LogP contribution in [0.15, 0.2) is 42.5 Å². The molecular weight excluding hydrogens is 368 g/mol. The lowest BCUT2D eigenvalue weighted by Crippen LogP contribution is -2.30. The summed E-state index contributed by atoms with van der Waals surface area (Å²) >= 11 is 0. The van der Waals surface area contributed by atoms with Crippen LogP contribution < -0.4 is 24.4 Å². The first-order valence-electron chi connectivity index (χ1n) is 10.1. The molecule has 2 aromatic carbocycles. The zero-order chi connectivity index (χ0) is 20.1. The molecule has 0 radical (unpaired) electrons. The second-order valence-corrected chi connectivity index (χ2v) is 7.13. The fourth-order valence-electron chi connectivity index (χ4n) is 3.73. The zero-order valence-corrected chi connectivity index (χ0v) is 16.6. The maximum absolute atomic E-state index is 12.6. The van der Waals surface area contributed by atoms with Crippen LogP contribution in [0.5, 0.6) is 17.2 Å². The van der Waals surface area contributed by atoms with Crippen molar-refractivity contribution in [3.05, 3.63) is 48.0 Å². The second-order valence-electron chi connectivity index (χ2n) is 7.13. The van der Waals surface area contributed by atoms with E-state index >= 15 is 0 Å². The van der Waals surface area contributed by atoms with Crippen LogP contribution in [-0.2, 0) is 4.79 Å². The third kappa shape index (κ3) is 4.47. The summed E-state index contributed by atoms with van der Waals surface area (Å²) in [6, 6.07) is 11.6. The Balaban J connectivity index is 1.49. The van der Waals surface area contributed by atoms with E-state index in [-0.39, 0.29) is 5.91 Å². The van der Waals surface area contributed by atoms with E-state index < -0.39 is 0 Å². The van der Waals surface area contributed by atoms with Crippen molar-refractivity contribution in [3.8, 4) is 17.2 Å². The van der Waals surface area contributed by atoms with E-state index in [0.717, 1.165) is 30.0 Å². The van der Waals surface area contributed by atoms with Gasteiger partial charge in [-0.25, -0.2) is 0 Å². The number of rotatable bonds is 5. The molecule has 1 N–H and O–H groups in total. The van der Waals surface area contributed by atoms with Gasteiger partial charge >= 0.3 is 0 Å². The van der Waals surface area contributed by atoms with Crippen molar-refractivity contribution in [1.29, 1.82) is 0 Å². The first-order chi connectivity index (χ1) is 14.2. The molecule has 0 aromatic heterocycles. The van der Waals surface area contributed by atoms with E-state index in [9.17, 15) is 4.79 Å². The van der Waals surface area contributed by atoms with Gasteiger partial charge in [0.1, 0.15) is 13.2 Å². The second kappa shape index (κ2) is 8.90. The number of benzene rings is 2. The van der Waals surface area contributed by atoms with Crippen molar-refractivity contribution in [3.63, 3.8) is 0 Å². The van der Waals surface area contributed by atoms with Crippen LogP contribution in [0, 0.1) is 0 Å². The Morgan fingerprint density at radius 1 is 1.10 bits per heavy atom. The standard InChI is InChI=1S/C23H26N2O4/c1-27-20-15-17(16-21-23(20)29-14-13-28-21)9-10-22(26)24-18-7-3-4-8-19(18)25-11-5-2-6-12-25/h3-4,7-10,15-16H,2,5-6,11-14H2,1H3,(H,24,26)/b10-9+. The lowest BCUT2D eigenvalue weighted by atomic mass is 10.1. The van der Waals surface area contributed by atoms with E-state index in [4.69, 9.17) is 14.2 Å². The number of nitrogens with one attached hydrogen (secondary N) is 1. The number of nitrogens with zero attached hydrogens (tertiary/aromatic N) is 1. The molecule has 6 nitrogen and oxygen atoms in total. The van der Waals surface area contributed by atoms with Crippen molar-refractivity contribution in [1.82, 2.24) is 0 Å². The van der Waals surface area contributed by atoms with Crippen LogP contribution >= 0.6 is 0 Å². The highest BCUT2D eigenvalue weighted by molar-refractivity contribution is 6.03. The molecule has 152 valence electrons. The highest BCUT2D eigenvalue weighted by atomic mass is 16.6. The monoisotopic (exact) mass is 394 g/mol. The Morgan fingerprint density at radius 3 is 2.72 bits per heavy atom. The maximum Gasteiger partial charge on any atom is 0.248 e. The Hall–Kier alpha value is -3.15. The molecular formula is C23H26N2O4.